The SMILES string of the molecule is CCOc1ccccc1NC(=O)[C@H](C)Oc1cc(C)ccc1C. The summed E-state index contributed by atoms with van der Waals surface area (Å²) < 4.78 is 11.3. The van der Waals surface area contributed by atoms with Gasteiger partial charge in [0.05, 0.1) is 12.3 Å². The molecule has 1 atom stereocenters. The van der Waals surface area contributed by atoms with E-state index in [0.717, 1.165) is 16.9 Å². The normalized spacial score (nSPS) is 11.7. The topological polar surface area (TPSA) is 47.6 Å². The van der Waals surface area contributed by atoms with Crippen LogP contribution in [0.3, 0.4) is 0 Å². The molecule has 0 saturated carbocycles. The Hall–Kier alpha value is -2.49. The van der Waals surface area contributed by atoms with Gasteiger partial charge in [-0.3, -0.25) is 4.79 Å². The standard InChI is InChI=1S/C19H23NO3/c1-5-22-17-9-7-6-8-16(17)20-19(21)15(4)23-18-12-13(2)10-11-14(18)3/h6-12,15H,5H2,1-4H3,(H,20,21)/t15-/m0/s1. The van der Waals surface area contributed by atoms with Gasteiger partial charge >= 0.3 is 0 Å². The van der Waals surface area contributed by atoms with Crippen LogP contribution in [-0.2, 0) is 4.79 Å². The second kappa shape index (κ2) is 7.68. The van der Waals surface area contributed by atoms with Crippen LogP contribution < -0.4 is 14.8 Å². The Morgan fingerprint density at radius 2 is 1.87 bits per heavy atom. The molecule has 0 aliphatic heterocycles. The van der Waals surface area contributed by atoms with Crippen LogP contribution in [-0.4, -0.2) is 18.6 Å². The number of hydrogen-bond acceptors (Lipinski definition) is 3. The van der Waals surface area contributed by atoms with E-state index in [2.05, 4.69) is 5.32 Å². The minimum Gasteiger partial charge on any atom is -0.492 e. The maximum atomic E-state index is 12.4. The first-order valence-electron chi connectivity index (χ1n) is 7.78. The number of ether oxygens (including phenoxy) is 2. The highest BCUT2D eigenvalue weighted by Gasteiger charge is 2.17. The molecule has 0 spiro atoms. The first-order chi connectivity index (χ1) is 11.0. The molecular formula is C19H23NO3. The Bertz CT molecular complexity index is 682. The molecule has 1 amide bonds. The van der Waals surface area contributed by atoms with E-state index in [4.69, 9.17) is 9.47 Å². The predicted octanol–water partition coefficient (Wildman–Crippen LogP) is 4.11. The van der Waals surface area contributed by atoms with Gasteiger partial charge in [0, 0.05) is 0 Å². The first kappa shape index (κ1) is 16.9. The van der Waals surface area contributed by atoms with Crippen molar-refractivity contribution in [1.29, 1.82) is 0 Å². The molecule has 0 bridgehead atoms. The Labute approximate surface area is 137 Å². The highest BCUT2D eigenvalue weighted by molar-refractivity contribution is 5.95. The molecule has 0 fully saturated rings. The van der Waals surface area contributed by atoms with E-state index in [9.17, 15) is 4.79 Å². The van der Waals surface area contributed by atoms with Crippen molar-refractivity contribution < 1.29 is 14.3 Å². The zero-order chi connectivity index (χ0) is 16.8. The smallest absolute Gasteiger partial charge is 0.265 e. The van der Waals surface area contributed by atoms with Crippen molar-refractivity contribution in [3.8, 4) is 11.5 Å². The lowest BCUT2D eigenvalue weighted by molar-refractivity contribution is -0.122. The fraction of sp³-hybridized carbons (Fsp3) is 0.316. The summed E-state index contributed by atoms with van der Waals surface area (Å²) in [6.07, 6.45) is -0.606. The molecule has 0 heterocycles. The number of anilines is 1. The zero-order valence-corrected chi connectivity index (χ0v) is 14.1. The third kappa shape index (κ3) is 4.49. The lowest BCUT2D eigenvalue weighted by Crippen LogP contribution is -2.30. The minimum atomic E-state index is -0.606. The highest BCUT2D eigenvalue weighted by atomic mass is 16.5. The van der Waals surface area contributed by atoms with Gasteiger partial charge in [-0.1, -0.05) is 24.3 Å². The molecule has 23 heavy (non-hydrogen) atoms. The van der Waals surface area contributed by atoms with E-state index in [0.29, 0.717) is 18.0 Å². The van der Waals surface area contributed by atoms with Gasteiger partial charge in [0.25, 0.3) is 5.91 Å². The van der Waals surface area contributed by atoms with Gasteiger partial charge in [-0.25, -0.2) is 0 Å². The van der Waals surface area contributed by atoms with E-state index >= 15 is 0 Å². The van der Waals surface area contributed by atoms with Crippen LogP contribution in [0.15, 0.2) is 42.5 Å². The summed E-state index contributed by atoms with van der Waals surface area (Å²) in [5.41, 5.74) is 2.75. The largest absolute Gasteiger partial charge is 0.492 e. The van der Waals surface area contributed by atoms with E-state index in [1.807, 2.05) is 63.2 Å². The molecule has 0 aliphatic rings. The fourth-order valence-corrected chi connectivity index (χ4v) is 2.16. The van der Waals surface area contributed by atoms with Gasteiger partial charge in [0.1, 0.15) is 11.5 Å². The number of amides is 1. The summed E-state index contributed by atoms with van der Waals surface area (Å²) in [5, 5.41) is 2.86. The third-order valence-corrected chi connectivity index (χ3v) is 3.46. The average molecular weight is 313 g/mol. The van der Waals surface area contributed by atoms with E-state index in [1.165, 1.54) is 0 Å². The molecule has 0 aromatic heterocycles. The molecule has 2 aromatic carbocycles. The molecule has 122 valence electrons. The zero-order valence-electron chi connectivity index (χ0n) is 14.1. The number of rotatable bonds is 6. The number of nitrogens with one attached hydrogen (secondary N) is 1. The second-order valence-corrected chi connectivity index (χ2v) is 5.45. The molecule has 4 nitrogen and oxygen atoms in total. The number of carbonyl (C=O) groups excluding carboxylic acids is 1. The van der Waals surface area contributed by atoms with Crippen molar-refractivity contribution in [3.05, 3.63) is 53.6 Å². The predicted molar refractivity (Wildman–Crippen MR) is 92.2 cm³/mol. The molecule has 0 radical (unpaired) electrons. The molecule has 0 aliphatic carbocycles. The van der Waals surface area contributed by atoms with Crippen LogP contribution in [0.5, 0.6) is 11.5 Å². The number of aryl methyl sites for hydroxylation is 2. The summed E-state index contributed by atoms with van der Waals surface area (Å²) in [4.78, 5) is 12.4. The molecule has 2 aromatic rings. The molecule has 1 N–H and O–H groups in total. The number of carbonyl (C=O) groups is 1. The van der Waals surface area contributed by atoms with Crippen LogP contribution in [0.25, 0.3) is 0 Å². The van der Waals surface area contributed by atoms with Crippen LogP contribution >= 0.6 is 0 Å². The van der Waals surface area contributed by atoms with Gasteiger partial charge in [-0.05, 0) is 57.0 Å². The van der Waals surface area contributed by atoms with E-state index in [-0.39, 0.29) is 5.91 Å². The molecule has 4 heteroatoms. The fourth-order valence-electron chi connectivity index (χ4n) is 2.16. The number of para-hydroxylation sites is 2. The molecule has 0 unspecified atom stereocenters. The molecule has 2 rings (SSSR count). The van der Waals surface area contributed by atoms with Crippen molar-refractivity contribution in [1.82, 2.24) is 0 Å². The highest BCUT2D eigenvalue weighted by Crippen LogP contribution is 2.25. The molecule has 0 saturated heterocycles. The van der Waals surface area contributed by atoms with Crippen LogP contribution in [0, 0.1) is 13.8 Å². The Balaban J connectivity index is 2.07. The van der Waals surface area contributed by atoms with Gasteiger partial charge in [0.15, 0.2) is 6.10 Å². The maximum absolute atomic E-state index is 12.4. The van der Waals surface area contributed by atoms with Crippen LogP contribution in [0.1, 0.15) is 25.0 Å². The Morgan fingerprint density at radius 3 is 2.61 bits per heavy atom. The van der Waals surface area contributed by atoms with Crippen LogP contribution in [0.4, 0.5) is 5.69 Å². The van der Waals surface area contributed by atoms with Gasteiger partial charge < -0.3 is 14.8 Å². The number of hydrogen-bond donors (Lipinski definition) is 1. The summed E-state index contributed by atoms with van der Waals surface area (Å²) in [6.45, 7) is 8.14. The summed E-state index contributed by atoms with van der Waals surface area (Å²) >= 11 is 0. The quantitative estimate of drug-likeness (QED) is 0.873. The van der Waals surface area contributed by atoms with Gasteiger partial charge in [-0.2, -0.15) is 0 Å². The van der Waals surface area contributed by atoms with Crippen molar-refractivity contribution in [2.24, 2.45) is 0 Å². The minimum absolute atomic E-state index is 0.210. The number of benzene rings is 2. The van der Waals surface area contributed by atoms with Gasteiger partial charge in [0.2, 0.25) is 0 Å². The van der Waals surface area contributed by atoms with Crippen molar-refractivity contribution in [3.63, 3.8) is 0 Å². The Kier molecular flexibility index (Phi) is 5.63. The van der Waals surface area contributed by atoms with Crippen molar-refractivity contribution in [2.45, 2.75) is 33.8 Å². The van der Waals surface area contributed by atoms with Crippen molar-refractivity contribution in [2.75, 3.05) is 11.9 Å². The van der Waals surface area contributed by atoms with E-state index < -0.39 is 6.10 Å². The van der Waals surface area contributed by atoms with Crippen molar-refractivity contribution >= 4 is 11.6 Å². The lowest BCUT2D eigenvalue weighted by Gasteiger charge is -2.18. The summed E-state index contributed by atoms with van der Waals surface area (Å²) in [7, 11) is 0. The lowest BCUT2D eigenvalue weighted by atomic mass is 10.1. The second-order valence-electron chi connectivity index (χ2n) is 5.45. The monoisotopic (exact) mass is 313 g/mol. The molecular weight excluding hydrogens is 290 g/mol. The first-order valence-corrected chi connectivity index (χ1v) is 7.78. The third-order valence-electron chi connectivity index (χ3n) is 3.46. The Morgan fingerprint density at radius 1 is 1.13 bits per heavy atom. The summed E-state index contributed by atoms with van der Waals surface area (Å²) in [6, 6.07) is 13.3. The van der Waals surface area contributed by atoms with Crippen LogP contribution in [0.2, 0.25) is 0 Å². The summed E-state index contributed by atoms with van der Waals surface area (Å²) in [5.74, 6) is 1.17. The maximum Gasteiger partial charge on any atom is 0.265 e. The average Bonchev–Trinajstić information content (AvgIpc) is 2.53. The van der Waals surface area contributed by atoms with E-state index in [1.54, 1.807) is 6.92 Å². The van der Waals surface area contributed by atoms with Gasteiger partial charge in [-0.15, -0.1) is 0 Å².